The van der Waals surface area contributed by atoms with Gasteiger partial charge in [-0.15, -0.1) is 0 Å². The number of aliphatic hydroxyl groups excluding tert-OH is 1. The van der Waals surface area contributed by atoms with Crippen LogP contribution < -0.4 is 5.32 Å². The molecular formula is C15H16BrNO3S. The van der Waals surface area contributed by atoms with Crippen LogP contribution in [0.1, 0.15) is 11.1 Å². The zero-order valence-corrected chi connectivity index (χ0v) is 13.9. The fraction of sp³-hybridized carbons (Fsp3) is 0.200. The molecule has 0 bridgehead atoms. The number of hydrogen-bond acceptors (Lipinski definition) is 4. The molecule has 0 aliphatic carbocycles. The number of nitrogens with one attached hydrogen (secondary N) is 1. The van der Waals surface area contributed by atoms with Gasteiger partial charge in [-0.1, -0.05) is 40.2 Å². The quantitative estimate of drug-likeness (QED) is 0.849. The summed E-state index contributed by atoms with van der Waals surface area (Å²) in [4.78, 5) is 0.273. The van der Waals surface area contributed by atoms with E-state index in [1.165, 1.54) is 6.26 Å². The Morgan fingerprint density at radius 2 is 1.71 bits per heavy atom. The van der Waals surface area contributed by atoms with E-state index in [2.05, 4.69) is 21.2 Å². The summed E-state index contributed by atoms with van der Waals surface area (Å²) in [5.74, 6) is 0. The van der Waals surface area contributed by atoms with Crippen molar-refractivity contribution >= 4 is 31.5 Å². The van der Waals surface area contributed by atoms with Gasteiger partial charge in [0.25, 0.3) is 0 Å². The highest BCUT2D eigenvalue weighted by atomic mass is 79.9. The monoisotopic (exact) mass is 369 g/mol. The third-order valence-corrected chi connectivity index (χ3v) is 4.55. The highest BCUT2D eigenvalue weighted by Gasteiger charge is 2.09. The molecule has 0 atom stereocenters. The normalized spacial score (nSPS) is 11.4. The molecule has 112 valence electrons. The molecule has 0 saturated heterocycles. The van der Waals surface area contributed by atoms with Crippen molar-refractivity contribution in [3.8, 4) is 0 Å². The molecular weight excluding hydrogens is 354 g/mol. The summed E-state index contributed by atoms with van der Waals surface area (Å²) in [6.45, 7) is 0.600. The topological polar surface area (TPSA) is 66.4 Å². The molecule has 0 aliphatic rings. The Kier molecular flexibility index (Phi) is 5.03. The second-order valence-electron chi connectivity index (χ2n) is 4.78. The number of sulfone groups is 1. The average molecular weight is 370 g/mol. The molecule has 0 aromatic heterocycles. The minimum atomic E-state index is -3.24. The summed E-state index contributed by atoms with van der Waals surface area (Å²) in [7, 11) is -3.24. The molecule has 0 spiro atoms. The number of anilines is 1. The molecule has 0 aliphatic heterocycles. The lowest BCUT2D eigenvalue weighted by Gasteiger charge is -2.09. The van der Waals surface area contributed by atoms with Crippen LogP contribution in [0.5, 0.6) is 0 Å². The fourth-order valence-electron chi connectivity index (χ4n) is 1.85. The molecule has 2 N–H and O–H groups in total. The Labute approximate surface area is 132 Å². The first-order chi connectivity index (χ1) is 9.88. The summed E-state index contributed by atoms with van der Waals surface area (Å²) in [6, 6.07) is 12.6. The molecule has 0 fully saturated rings. The third-order valence-electron chi connectivity index (χ3n) is 3.00. The minimum Gasteiger partial charge on any atom is -0.392 e. The van der Waals surface area contributed by atoms with Crippen molar-refractivity contribution < 1.29 is 13.5 Å². The van der Waals surface area contributed by atoms with E-state index in [0.717, 1.165) is 16.8 Å². The maximum atomic E-state index is 11.6. The SMILES string of the molecule is CS(=O)(=O)c1cc(Br)cc(NCc2ccc(CO)cc2)c1. The highest BCUT2D eigenvalue weighted by molar-refractivity contribution is 9.10. The first kappa shape index (κ1) is 16.0. The maximum Gasteiger partial charge on any atom is 0.175 e. The zero-order valence-electron chi connectivity index (χ0n) is 11.5. The molecule has 6 heteroatoms. The Hall–Kier alpha value is -1.37. The highest BCUT2D eigenvalue weighted by Crippen LogP contribution is 2.23. The molecule has 2 rings (SSSR count). The second-order valence-corrected chi connectivity index (χ2v) is 7.71. The summed E-state index contributed by atoms with van der Waals surface area (Å²) in [5.41, 5.74) is 2.64. The first-order valence-electron chi connectivity index (χ1n) is 6.31. The largest absolute Gasteiger partial charge is 0.392 e. The van der Waals surface area contributed by atoms with Gasteiger partial charge in [0.05, 0.1) is 11.5 Å². The van der Waals surface area contributed by atoms with Crippen LogP contribution in [-0.2, 0) is 23.0 Å². The van der Waals surface area contributed by atoms with Gasteiger partial charge in [0, 0.05) is 23.0 Å². The van der Waals surface area contributed by atoms with Gasteiger partial charge in [0.15, 0.2) is 9.84 Å². The van der Waals surface area contributed by atoms with Crippen LogP contribution >= 0.6 is 15.9 Å². The van der Waals surface area contributed by atoms with Crippen molar-refractivity contribution in [2.45, 2.75) is 18.0 Å². The maximum absolute atomic E-state index is 11.6. The lowest BCUT2D eigenvalue weighted by atomic mass is 10.1. The third kappa shape index (κ3) is 4.56. The summed E-state index contributed by atoms with van der Waals surface area (Å²) in [5, 5.41) is 12.2. The van der Waals surface area contributed by atoms with Crippen LogP contribution in [0.3, 0.4) is 0 Å². The van der Waals surface area contributed by atoms with Gasteiger partial charge < -0.3 is 10.4 Å². The Bertz CT molecular complexity index is 727. The van der Waals surface area contributed by atoms with Crippen molar-refractivity contribution in [1.29, 1.82) is 0 Å². The molecule has 2 aromatic rings. The summed E-state index contributed by atoms with van der Waals surface area (Å²) in [6.07, 6.45) is 1.19. The molecule has 21 heavy (non-hydrogen) atoms. The van der Waals surface area contributed by atoms with Crippen LogP contribution in [0.4, 0.5) is 5.69 Å². The van der Waals surface area contributed by atoms with Gasteiger partial charge in [-0.2, -0.15) is 0 Å². The molecule has 0 saturated carbocycles. The van der Waals surface area contributed by atoms with Gasteiger partial charge >= 0.3 is 0 Å². The number of halogens is 1. The fourth-order valence-corrected chi connectivity index (χ4v) is 3.17. The summed E-state index contributed by atoms with van der Waals surface area (Å²) < 4.78 is 23.9. The van der Waals surface area contributed by atoms with E-state index in [0.29, 0.717) is 11.0 Å². The van der Waals surface area contributed by atoms with Crippen LogP contribution in [0, 0.1) is 0 Å². The van der Waals surface area contributed by atoms with Gasteiger partial charge in [0.2, 0.25) is 0 Å². The van der Waals surface area contributed by atoms with Crippen LogP contribution in [0.25, 0.3) is 0 Å². The molecule has 0 heterocycles. The Morgan fingerprint density at radius 3 is 2.29 bits per heavy atom. The first-order valence-corrected chi connectivity index (χ1v) is 9.00. The van der Waals surface area contributed by atoms with Gasteiger partial charge in [-0.25, -0.2) is 8.42 Å². The van der Waals surface area contributed by atoms with Gasteiger partial charge in [0.1, 0.15) is 0 Å². The van der Waals surface area contributed by atoms with Gasteiger partial charge in [-0.3, -0.25) is 0 Å². The Balaban J connectivity index is 2.14. The van der Waals surface area contributed by atoms with Crippen molar-refractivity contribution in [3.63, 3.8) is 0 Å². The van der Waals surface area contributed by atoms with Crippen LogP contribution in [0.15, 0.2) is 51.8 Å². The predicted octanol–water partition coefficient (Wildman–Crippen LogP) is 2.96. The van der Waals surface area contributed by atoms with E-state index in [1.54, 1.807) is 12.1 Å². The number of benzene rings is 2. The van der Waals surface area contributed by atoms with Crippen molar-refractivity contribution in [3.05, 3.63) is 58.1 Å². The molecule has 4 nitrogen and oxygen atoms in total. The lowest BCUT2D eigenvalue weighted by molar-refractivity contribution is 0.282. The zero-order chi connectivity index (χ0) is 15.5. The summed E-state index contributed by atoms with van der Waals surface area (Å²) >= 11 is 3.32. The molecule has 0 unspecified atom stereocenters. The Morgan fingerprint density at radius 1 is 1.10 bits per heavy atom. The molecule has 0 amide bonds. The van der Waals surface area contributed by atoms with Crippen LogP contribution in [-0.4, -0.2) is 19.8 Å². The predicted molar refractivity (Wildman–Crippen MR) is 86.9 cm³/mol. The molecule has 0 radical (unpaired) electrons. The number of hydrogen-bond donors (Lipinski definition) is 2. The minimum absolute atomic E-state index is 0.0249. The van der Waals surface area contributed by atoms with E-state index in [1.807, 2.05) is 30.3 Å². The van der Waals surface area contributed by atoms with Crippen molar-refractivity contribution in [1.82, 2.24) is 0 Å². The molecule has 2 aromatic carbocycles. The smallest absolute Gasteiger partial charge is 0.175 e. The van der Waals surface area contributed by atoms with E-state index in [9.17, 15) is 8.42 Å². The number of aliphatic hydroxyl groups is 1. The van der Waals surface area contributed by atoms with Gasteiger partial charge in [-0.05, 0) is 29.3 Å². The lowest BCUT2D eigenvalue weighted by Crippen LogP contribution is -2.02. The van der Waals surface area contributed by atoms with Crippen molar-refractivity contribution in [2.75, 3.05) is 11.6 Å². The second kappa shape index (κ2) is 6.60. The van der Waals surface area contributed by atoms with E-state index < -0.39 is 9.84 Å². The van der Waals surface area contributed by atoms with E-state index in [-0.39, 0.29) is 11.5 Å². The standard InChI is InChI=1S/C15H16BrNO3S/c1-21(19,20)15-7-13(16)6-14(8-15)17-9-11-2-4-12(10-18)5-3-11/h2-8,17-18H,9-10H2,1H3. The van der Waals surface area contributed by atoms with E-state index >= 15 is 0 Å². The number of rotatable bonds is 5. The van der Waals surface area contributed by atoms with E-state index in [4.69, 9.17) is 5.11 Å². The van der Waals surface area contributed by atoms with Crippen LogP contribution in [0.2, 0.25) is 0 Å². The van der Waals surface area contributed by atoms with Crippen molar-refractivity contribution in [2.24, 2.45) is 0 Å². The average Bonchev–Trinajstić information content (AvgIpc) is 2.44.